The molecule has 2 N–H and O–H groups in total. The van der Waals surface area contributed by atoms with Gasteiger partial charge >= 0.3 is 0 Å². The molecular formula is C14H28N2O. The van der Waals surface area contributed by atoms with Crippen molar-refractivity contribution >= 4 is 5.84 Å². The molecule has 1 saturated heterocycles. The van der Waals surface area contributed by atoms with Crippen molar-refractivity contribution < 1.29 is 4.74 Å². The van der Waals surface area contributed by atoms with E-state index in [-0.39, 0.29) is 11.0 Å². The van der Waals surface area contributed by atoms with Crippen LogP contribution >= 0.6 is 0 Å². The van der Waals surface area contributed by atoms with Crippen LogP contribution in [0.5, 0.6) is 0 Å². The Kier molecular flexibility index (Phi) is 4.59. The minimum atomic E-state index is -0.0284. The van der Waals surface area contributed by atoms with E-state index in [2.05, 4.69) is 34.6 Å². The van der Waals surface area contributed by atoms with E-state index in [1.807, 2.05) is 0 Å². The third-order valence-electron chi connectivity index (χ3n) is 3.85. The number of nitrogens with zero attached hydrogens (tertiary/aromatic N) is 1. The summed E-state index contributed by atoms with van der Waals surface area (Å²) in [6.07, 6.45) is 4.13. The zero-order valence-electron chi connectivity index (χ0n) is 12.0. The summed E-state index contributed by atoms with van der Waals surface area (Å²) < 4.78 is 5.95. The zero-order valence-corrected chi connectivity index (χ0v) is 12.0. The maximum atomic E-state index is 6.06. The van der Waals surface area contributed by atoms with E-state index in [0.717, 1.165) is 38.1 Å². The highest BCUT2D eigenvalue weighted by Crippen LogP contribution is 2.33. The molecule has 0 aromatic heterocycles. The maximum Gasteiger partial charge on any atom is 0.0994 e. The van der Waals surface area contributed by atoms with E-state index < -0.39 is 0 Å². The van der Waals surface area contributed by atoms with Gasteiger partial charge in [0.05, 0.1) is 17.5 Å². The van der Waals surface area contributed by atoms with Crippen LogP contribution in [-0.2, 0) is 4.74 Å². The minimum Gasteiger partial charge on any atom is -0.387 e. The van der Waals surface area contributed by atoms with Crippen molar-refractivity contribution in [2.75, 3.05) is 6.61 Å². The van der Waals surface area contributed by atoms with Crippen molar-refractivity contribution in [3.05, 3.63) is 0 Å². The second kappa shape index (κ2) is 5.38. The molecule has 1 aliphatic rings. The van der Waals surface area contributed by atoms with Crippen LogP contribution in [0.25, 0.3) is 0 Å². The van der Waals surface area contributed by atoms with Gasteiger partial charge in [0, 0.05) is 12.0 Å². The van der Waals surface area contributed by atoms with Crippen molar-refractivity contribution in [1.82, 2.24) is 0 Å². The summed E-state index contributed by atoms with van der Waals surface area (Å²) in [5.41, 5.74) is 6.07. The lowest BCUT2D eigenvalue weighted by Crippen LogP contribution is -2.41. The van der Waals surface area contributed by atoms with Gasteiger partial charge in [-0.2, -0.15) is 0 Å². The number of amidine groups is 1. The van der Waals surface area contributed by atoms with E-state index in [0.29, 0.717) is 6.04 Å². The van der Waals surface area contributed by atoms with E-state index >= 15 is 0 Å². The molecule has 100 valence electrons. The van der Waals surface area contributed by atoms with Crippen molar-refractivity contribution in [3.63, 3.8) is 0 Å². The minimum absolute atomic E-state index is 0.0284. The normalized spacial score (nSPS) is 25.9. The van der Waals surface area contributed by atoms with Crippen molar-refractivity contribution in [2.45, 2.75) is 71.9 Å². The molecule has 0 spiro atoms. The highest BCUT2D eigenvalue weighted by atomic mass is 16.5. The van der Waals surface area contributed by atoms with Crippen molar-refractivity contribution in [2.24, 2.45) is 16.1 Å². The third kappa shape index (κ3) is 3.70. The second-order valence-electron chi connectivity index (χ2n) is 6.15. The van der Waals surface area contributed by atoms with Crippen LogP contribution in [0.15, 0.2) is 4.99 Å². The SMILES string of the molecule is CCC1(CC)CC(N=C(N)C(C)(C)C)CCO1. The number of hydrogen-bond acceptors (Lipinski definition) is 2. The lowest BCUT2D eigenvalue weighted by Gasteiger charge is -2.39. The Bertz CT molecular complexity index is 274. The molecule has 3 heteroatoms. The van der Waals surface area contributed by atoms with Crippen LogP contribution in [0.2, 0.25) is 0 Å². The predicted octanol–water partition coefficient (Wildman–Crippen LogP) is 3.13. The largest absolute Gasteiger partial charge is 0.387 e. The smallest absolute Gasteiger partial charge is 0.0994 e. The van der Waals surface area contributed by atoms with E-state index in [9.17, 15) is 0 Å². The van der Waals surface area contributed by atoms with Crippen molar-refractivity contribution in [1.29, 1.82) is 0 Å². The van der Waals surface area contributed by atoms with E-state index in [1.165, 1.54) is 0 Å². The van der Waals surface area contributed by atoms with Gasteiger partial charge in [0.1, 0.15) is 0 Å². The number of hydrogen-bond donors (Lipinski definition) is 1. The maximum absolute atomic E-state index is 6.06. The zero-order chi connectivity index (χ0) is 13.1. The van der Waals surface area contributed by atoms with Gasteiger partial charge in [0.2, 0.25) is 0 Å². The standard InChI is InChI=1S/C14H28N2O/c1-6-14(7-2)10-11(8-9-17-14)16-12(15)13(3,4)5/h11H,6-10H2,1-5H3,(H2,15,16). The van der Waals surface area contributed by atoms with Gasteiger partial charge in [-0.25, -0.2) is 0 Å². The van der Waals surface area contributed by atoms with Crippen LogP contribution in [0.4, 0.5) is 0 Å². The molecule has 17 heavy (non-hydrogen) atoms. The van der Waals surface area contributed by atoms with Crippen LogP contribution < -0.4 is 5.73 Å². The molecule has 1 unspecified atom stereocenters. The molecule has 0 aromatic rings. The first-order chi connectivity index (χ1) is 7.83. The van der Waals surface area contributed by atoms with Gasteiger partial charge in [-0.3, -0.25) is 4.99 Å². The molecule has 0 aliphatic carbocycles. The predicted molar refractivity (Wildman–Crippen MR) is 73.4 cm³/mol. The summed E-state index contributed by atoms with van der Waals surface area (Å²) in [5, 5.41) is 0. The summed E-state index contributed by atoms with van der Waals surface area (Å²) in [6, 6.07) is 0.336. The highest BCUT2D eigenvalue weighted by Gasteiger charge is 2.34. The molecule has 0 bridgehead atoms. The van der Waals surface area contributed by atoms with Gasteiger partial charge in [-0.1, -0.05) is 34.6 Å². The fourth-order valence-corrected chi connectivity index (χ4v) is 2.25. The molecule has 0 aromatic carbocycles. The Morgan fingerprint density at radius 3 is 2.41 bits per heavy atom. The Labute approximate surface area is 106 Å². The van der Waals surface area contributed by atoms with Crippen molar-refractivity contribution in [3.8, 4) is 0 Å². The number of rotatable bonds is 3. The molecular weight excluding hydrogens is 212 g/mol. The highest BCUT2D eigenvalue weighted by molar-refractivity contribution is 5.85. The number of nitrogens with two attached hydrogens (primary N) is 1. The molecule has 3 nitrogen and oxygen atoms in total. The summed E-state index contributed by atoms with van der Waals surface area (Å²) >= 11 is 0. The number of ether oxygens (including phenoxy) is 1. The average Bonchev–Trinajstić information content (AvgIpc) is 2.28. The fourth-order valence-electron chi connectivity index (χ4n) is 2.25. The molecule has 1 atom stereocenters. The lowest BCUT2D eigenvalue weighted by atomic mass is 9.85. The summed E-state index contributed by atoms with van der Waals surface area (Å²) in [4.78, 5) is 4.71. The van der Waals surface area contributed by atoms with Crippen LogP contribution in [0.1, 0.15) is 60.3 Å². The Morgan fingerprint density at radius 1 is 1.35 bits per heavy atom. The molecule has 1 fully saturated rings. The summed E-state index contributed by atoms with van der Waals surface area (Å²) in [5.74, 6) is 0.769. The number of aliphatic imine (C=N–C) groups is 1. The van der Waals surface area contributed by atoms with Gasteiger partial charge in [0.15, 0.2) is 0 Å². The molecule has 0 amide bonds. The Hall–Kier alpha value is -0.570. The van der Waals surface area contributed by atoms with E-state index in [1.54, 1.807) is 0 Å². The van der Waals surface area contributed by atoms with Gasteiger partial charge in [0.25, 0.3) is 0 Å². The van der Waals surface area contributed by atoms with E-state index in [4.69, 9.17) is 15.5 Å². The average molecular weight is 240 g/mol. The third-order valence-corrected chi connectivity index (χ3v) is 3.85. The topological polar surface area (TPSA) is 47.6 Å². The molecule has 1 heterocycles. The summed E-state index contributed by atoms with van der Waals surface area (Å²) in [6.45, 7) is 11.5. The van der Waals surface area contributed by atoms with Crippen LogP contribution in [0, 0.1) is 5.41 Å². The van der Waals surface area contributed by atoms with Crippen LogP contribution in [0.3, 0.4) is 0 Å². The first kappa shape index (κ1) is 14.5. The first-order valence-electron chi connectivity index (χ1n) is 6.80. The Morgan fingerprint density at radius 2 is 1.94 bits per heavy atom. The molecule has 1 aliphatic heterocycles. The lowest BCUT2D eigenvalue weighted by molar-refractivity contribution is -0.0885. The van der Waals surface area contributed by atoms with Gasteiger partial charge < -0.3 is 10.5 Å². The van der Waals surface area contributed by atoms with Gasteiger partial charge in [-0.05, 0) is 25.7 Å². The van der Waals surface area contributed by atoms with Gasteiger partial charge in [-0.15, -0.1) is 0 Å². The molecule has 1 rings (SSSR count). The Balaban J connectivity index is 2.74. The summed E-state index contributed by atoms with van der Waals surface area (Å²) in [7, 11) is 0. The fraction of sp³-hybridized carbons (Fsp3) is 0.929. The molecule has 0 saturated carbocycles. The quantitative estimate of drug-likeness (QED) is 0.608. The van der Waals surface area contributed by atoms with Crippen LogP contribution in [-0.4, -0.2) is 24.1 Å². The monoisotopic (exact) mass is 240 g/mol. The second-order valence-corrected chi connectivity index (χ2v) is 6.15. The first-order valence-corrected chi connectivity index (χ1v) is 6.80. The molecule has 0 radical (unpaired) electrons.